The first-order valence-corrected chi connectivity index (χ1v) is 10.1. The van der Waals surface area contributed by atoms with Gasteiger partial charge < -0.3 is 20.1 Å². The van der Waals surface area contributed by atoms with E-state index < -0.39 is 0 Å². The number of anilines is 1. The van der Waals surface area contributed by atoms with Crippen molar-refractivity contribution in [1.82, 2.24) is 14.8 Å². The van der Waals surface area contributed by atoms with Crippen LogP contribution in [0.2, 0.25) is 5.02 Å². The molecule has 2 aromatic rings. The van der Waals surface area contributed by atoms with Crippen molar-refractivity contribution in [1.29, 1.82) is 0 Å². The number of aromatic nitrogens is 1. The van der Waals surface area contributed by atoms with Crippen molar-refractivity contribution in [3.05, 3.63) is 33.8 Å². The van der Waals surface area contributed by atoms with Gasteiger partial charge in [-0.2, -0.15) is 0 Å². The van der Waals surface area contributed by atoms with Crippen LogP contribution in [0.15, 0.2) is 18.3 Å². The zero-order valence-electron chi connectivity index (χ0n) is 14.6. The Morgan fingerprint density at radius 2 is 2.15 bits per heavy atom. The third-order valence-corrected chi connectivity index (χ3v) is 6.73. The van der Waals surface area contributed by atoms with E-state index >= 15 is 0 Å². The molecule has 27 heavy (non-hydrogen) atoms. The molecule has 3 aliphatic rings. The minimum absolute atomic E-state index is 0.0416. The van der Waals surface area contributed by atoms with E-state index in [1.807, 2.05) is 17.0 Å². The lowest BCUT2D eigenvalue weighted by atomic mass is 9.82. The zero-order chi connectivity index (χ0) is 18.5. The average Bonchev–Trinajstić information content (AvgIpc) is 3.27. The molecule has 1 aromatic heterocycles. The fourth-order valence-electron chi connectivity index (χ4n) is 4.19. The molecule has 7 nitrogen and oxygen atoms in total. The molecule has 0 unspecified atom stereocenters. The van der Waals surface area contributed by atoms with E-state index in [0.717, 1.165) is 43.9 Å². The molecule has 0 saturated carbocycles. The standard InChI is InChI=1S/C18H19ClN4O3S/c19-12-4-15-14(25-9-26-15)3-10(12)6-23-8-11-7-22(2-1-13(11)23)17(24)16-5-21-18(20)27-16/h3-5,11,13H,1-2,6-9H2,(H2,20,21)/t11-,13-/m0/s1. The predicted molar refractivity (Wildman–Crippen MR) is 102 cm³/mol. The van der Waals surface area contributed by atoms with Crippen LogP contribution >= 0.6 is 22.9 Å². The number of nitrogens with zero attached hydrogens (tertiary/aromatic N) is 3. The molecule has 2 atom stereocenters. The first kappa shape index (κ1) is 17.1. The molecule has 4 heterocycles. The summed E-state index contributed by atoms with van der Waals surface area (Å²) in [5.41, 5.74) is 6.70. The maximum Gasteiger partial charge on any atom is 0.265 e. The van der Waals surface area contributed by atoms with Crippen LogP contribution in [0.25, 0.3) is 0 Å². The smallest absolute Gasteiger partial charge is 0.265 e. The normalized spacial score (nSPS) is 23.8. The highest BCUT2D eigenvalue weighted by atomic mass is 35.5. The quantitative estimate of drug-likeness (QED) is 0.843. The minimum atomic E-state index is 0.0416. The summed E-state index contributed by atoms with van der Waals surface area (Å²) in [5, 5.41) is 1.14. The number of hydrogen-bond acceptors (Lipinski definition) is 7. The number of carbonyl (C=O) groups excluding carboxylic acids is 1. The molecule has 9 heteroatoms. The average molecular weight is 407 g/mol. The van der Waals surface area contributed by atoms with Crippen LogP contribution in [0, 0.1) is 5.92 Å². The number of halogens is 1. The van der Waals surface area contributed by atoms with Crippen LogP contribution < -0.4 is 15.2 Å². The van der Waals surface area contributed by atoms with Crippen LogP contribution in [-0.4, -0.2) is 53.2 Å². The van der Waals surface area contributed by atoms with Gasteiger partial charge in [0.15, 0.2) is 16.6 Å². The Hall–Kier alpha value is -2.03. The topological polar surface area (TPSA) is 80.9 Å². The van der Waals surface area contributed by atoms with Gasteiger partial charge in [-0.1, -0.05) is 22.9 Å². The van der Waals surface area contributed by atoms with E-state index in [2.05, 4.69) is 9.88 Å². The van der Waals surface area contributed by atoms with Gasteiger partial charge in [-0.25, -0.2) is 4.98 Å². The Kier molecular flexibility index (Phi) is 4.14. The Balaban J connectivity index is 1.22. The van der Waals surface area contributed by atoms with E-state index in [4.69, 9.17) is 26.8 Å². The van der Waals surface area contributed by atoms with Gasteiger partial charge in [0.25, 0.3) is 5.91 Å². The summed E-state index contributed by atoms with van der Waals surface area (Å²) in [4.78, 5) is 21.6. The summed E-state index contributed by atoms with van der Waals surface area (Å²) < 4.78 is 10.8. The number of nitrogens with two attached hydrogens (primary N) is 1. The lowest BCUT2D eigenvalue weighted by molar-refractivity contribution is -0.0420. The Morgan fingerprint density at radius 3 is 2.89 bits per heavy atom. The second kappa shape index (κ2) is 6.54. The number of amides is 1. The molecule has 1 amide bonds. The first-order chi connectivity index (χ1) is 13.1. The second-order valence-corrected chi connectivity index (χ2v) is 8.63. The molecule has 0 spiro atoms. The molecule has 2 fully saturated rings. The number of nitrogen functional groups attached to an aromatic ring is 1. The van der Waals surface area contributed by atoms with Crippen molar-refractivity contribution < 1.29 is 14.3 Å². The number of ether oxygens (including phenoxy) is 2. The van der Waals surface area contributed by atoms with Crippen molar-refractivity contribution >= 4 is 34.0 Å². The maximum atomic E-state index is 12.6. The van der Waals surface area contributed by atoms with Gasteiger partial charge in [0.05, 0.1) is 6.20 Å². The summed E-state index contributed by atoms with van der Waals surface area (Å²) >= 11 is 7.66. The fourth-order valence-corrected chi connectivity index (χ4v) is 5.05. The van der Waals surface area contributed by atoms with Crippen molar-refractivity contribution in [3.63, 3.8) is 0 Å². The molecule has 142 valence electrons. The number of likely N-dealkylation sites (tertiary alicyclic amines) is 2. The Morgan fingerprint density at radius 1 is 1.33 bits per heavy atom. The number of fused-ring (bicyclic) bond motifs is 2. The fraction of sp³-hybridized carbons (Fsp3) is 0.444. The summed E-state index contributed by atoms with van der Waals surface area (Å²) in [7, 11) is 0. The summed E-state index contributed by atoms with van der Waals surface area (Å²) in [6.45, 7) is 3.54. The largest absolute Gasteiger partial charge is 0.454 e. The Bertz CT molecular complexity index is 905. The van der Waals surface area contributed by atoms with Crippen molar-refractivity contribution in [2.24, 2.45) is 5.92 Å². The van der Waals surface area contributed by atoms with E-state index in [1.54, 1.807) is 6.20 Å². The molecule has 2 saturated heterocycles. The SMILES string of the molecule is Nc1ncc(C(=O)N2CC[C@H]3[C@@H](C2)CN3Cc2cc3c(cc2Cl)OCO3)s1. The molecule has 0 bridgehead atoms. The molecule has 2 N–H and O–H groups in total. The Labute approximate surface area is 165 Å². The van der Waals surface area contributed by atoms with Crippen LogP contribution in [0.3, 0.4) is 0 Å². The number of piperidine rings is 1. The number of benzene rings is 1. The van der Waals surface area contributed by atoms with E-state index in [1.165, 1.54) is 11.3 Å². The third kappa shape index (κ3) is 3.01. The number of thiazole rings is 1. The second-order valence-electron chi connectivity index (χ2n) is 7.16. The van der Waals surface area contributed by atoms with E-state index in [-0.39, 0.29) is 12.7 Å². The molecular formula is C18H19ClN4O3S. The number of hydrogen-bond donors (Lipinski definition) is 1. The lowest BCUT2D eigenvalue weighted by Crippen LogP contribution is -2.63. The summed E-state index contributed by atoms with van der Waals surface area (Å²) in [5.74, 6) is 2.01. The monoisotopic (exact) mass is 406 g/mol. The third-order valence-electron chi connectivity index (χ3n) is 5.57. The van der Waals surface area contributed by atoms with Crippen LogP contribution in [0.4, 0.5) is 5.13 Å². The highest BCUT2D eigenvalue weighted by molar-refractivity contribution is 7.17. The number of carbonyl (C=O) groups is 1. The molecule has 3 aliphatic heterocycles. The highest BCUT2D eigenvalue weighted by Gasteiger charge is 2.43. The molecule has 5 rings (SSSR count). The van der Waals surface area contributed by atoms with Crippen LogP contribution in [0.1, 0.15) is 21.7 Å². The van der Waals surface area contributed by atoms with Gasteiger partial charge in [-0.15, -0.1) is 0 Å². The molecule has 0 radical (unpaired) electrons. The summed E-state index contributed by atoms with van der Waals surface area (Å²) in [6, 6.07) is 4.30. The van der Waals surface area contributed by atoms with Gasteiger partial charge in [0, 0.05) is 49.2 Å². The van der Waals surface area contributed by atoms with Gasteiger partial charge in [0.2, 0.25) is 6.79 Å². The molecule has 1 aromatic carbocycles. The van der Waals surface area contributed by atoms with Crippen molar-refractivity contribution in [3.8, 4) is 11.5 Å². The van der Waals surface area contributed by atoms with Gasteiger partial charge in [-0.3, -0.25) is 9.69 Å². The van der Waals surface area contributed by atoms with Gasteiger partial charge >= 0.3 is 0 Å². The summed E-state index contributed by atoms with van der Waals surface area (Å²) in [6.07, 6.45) is 2.54. The van der Waals surface area contributed by atoms with E-state index in [9.17, 15) is 4.79 Å². The first-order valence-electron chi connectivity index (χ1n) is 8.91. The maximum absolute atomic E-state index is 12.6. The number of rotatable bonds is 3. The van der Waals surface area contributed by atoms with Crippen molar-refractivity contribution in [2.75, 3.05) is 32.2 Å². The molecule has 0 aliphatic carbocycles. The van der Waals surface area contributed by atoms with Crippen LogP contribution in [-0.2, 0) is 6.54 Å². The van der Waals surface area contributed by atoms with E-state index in [0.29, 0.717) is 32.7 Å². The van der Waals surface area contributed by atoms with Crippen LogP contribution in [0.5, 0.6) is 11.5 Å². The molecular weight excluding hydrogens is 388 g/mol. The van der Waals surface area contributed by atoms with Gasteiger partial charge in [-0.05, 0) is 18.1 Å². The highest BCUT2D eigenvalue weighted by Crippen LogP contribution is 2.40. The minimum Gasteiger partial charge on any atom is -0.454 e. The van der Waals surface area contributed by atoms with Crippen molar-refractivity contribution in [2.45, 2.75) is 19.0 Å². The van der Waals surface area contributed by atoms with Gasteiger partial charge in [0.1, 0.15) is 4.88 Å². The lowest BCUT2D eigenvalue weighted by Gasteiger charge is -2.53. The predicted octanol–water partition coefficient (Wildman–Crippen LogP) is 2.45. The zero-order valence-corrected chi connectivity index (χ0v) is 16.1.